The van der Waals surface area contributed by atoms with Gasteiger partial charge in [-0.25, -0.2) is 4.79 Å². The van der Waals surface area contributed by atoms with Crippen LogP contribution in [-0.2, 0) is 9.59 Å². The van der Waals surface area contributed by atoms with E-state index in [1.165, 1.54) is 0 Å². The maximum Gasteiger partial charge on any atom is 0.326 e. The molecule has 0 bridgehead atoms. The van der Waals surface area contributed by atoms with Crippen LogP contribution in [0.25, 0.3) is 0 Å². The molecule has 19 heavy (non-hydrogen) atoms. The Balaban J connectivity index is 2.94. The van der Waals surface area contributed by atoms with Gasteiger partial charge in [-0.2, -0.15) is 0 Å². The molecule has 1 rings (SSSR count). The molecule has 0 aromatic carbocycles. The highest BCUT2D eigenvalue weighted by molar-refractivity contribution is 5.99. The first kappa shape index (κ1) is 14.7. The lowest BCUT2D eigenvalue weighted by Crippen LogP contribution is -2.42. The SMILES string of the molecule is Cc1oc(C)c(C(=O)N[C@@H](CC(=O)O)C(=O)O)c1C. The number of hydrogen-bond acceptors (Lipinski definition) is 4. The molecule has 1 heterocycles. The minimum absolute atomic E-state index is 0.245. The quantitative estimate of drug-likeness (QED) is 0.730. The van der Waals surface area contributed by atoms with E-state index in [2.05, 4.69) is 5.32 Å². The number of carboxylic acid groups (broad SMARTS) is 2. The van der Waals surface area contributed by atoms with Crippen LogP contribution in [0.1, 0.15) is 33.9 Å². The molecule has 0 aliphatic carbocycles. The van der Waals surface area contributed by atoms with E-state index in [-0.39, 0.29) is 5.56 Å². The van der Waals surface area contributed by atoms with Crippen LogP contribution < -0.4 is 5.32 Å². The van der Waals surface area contributed by atoms with Crippen molar-refractivity contribution in [2.45, 2.75) is 33.2 Å². The van der Waals surface area contributed by atoms with E-state index in [9.17, 15) is 14.4 Å². The predicted octanol–water partition coefficient (Wildman–Crippen LogP) is 0.863. The van der Waals surface area contributed by atoms with Crippen LogP contribution in [0.5, 0.6) is 0 Å². The van der Waals surface area contributed by atoms with E-state index < -0.39 is 30.3 Å². The normalized spacial score (nSPS) is 11.9. The summed E-state index contributed by atoms with van der Waals surface area (Å²) in [6.45, 7) is 4.95. The summed E-state index contributed by atoms with van der Waals surface area (Å²) < 4.78 is 5.26. The van der Waals surface area contributed by atoms with Gasteiger partial charge in [-0.1, -0.05) is 0 Å². The Bertz CT molecular complexity index is 531. The third kappa shape index (κ3) is 3.34. The average molecular weight is 269 g/mol. The number of carbonyl (C=O) groups excluding carboxylic acids is 1. The van der Waals surface area contributed by atoms with E-state index in [0.717, 1.165) is 0 Å². The second kappa shape index (κ2) is 5.55. The van der Waals surface area contributed by atoms with Gasteiger partial charge in [0.15, 0.2) is 0 Å². The molecule has 1 aromatic heterocycles. The van der Waals surface area contributed by atoms with Crippen molar-refractivity contribution in [1.29, 1.82) is 0 Å². The molecule has 0 unspecified atom stereocenters. The third-order valence-corrected chi connectivity index (χ3v) is 2.77. The van der Waals surface area contributed by atoms with Gasteiger partial charge in [0.1, 0.15) is 17.6 Å². The Kier molecular flexibility index (Phi) is 4.31. The number of carboxylic acids is 2. The lowest BCUT2D eigenvalue weighted by molar-refractivity contribution is -0.145. The molecular weight excluding hydrogens is 254 g/mol. The predicted molar refractivity (Wildman–Crippen MR) is 64.1 cm³/mol. The molecule has 0 saturated carbocycles. The average Bonchev–Trinajstić information content (AvgIpc) is 2.51. The van der Waals surface area contributed by atoms with Gasteiger partial charge >= 0.3 is 11.9 Å². The molecule has 0 saturated heterocycles. The summed E-state index contributed by atoms with van der Waals surface area (Å²) in [5.74, 6) is -2.42. The summed E-state index contributed by atoms with van der Waals surface area (Å²) in [6.07, 6.45) is -0.685. The topological polar surface area (TPSA) is 117 Å². The van der Waals surface area contributed by atoms with Crippen molar-refractivity contribution in [3.05, 3.63) is 22.6 Å². The molecule has 0 aliphatic heterocycles. The minimum Gasteiger partial charge on any atom is -0.481 e. The van der Waals surface area contributed by atoms with E-state index in [0.29, 0.717) is 17.1 Å². The molecule has 1 atom stereocenters. The molecular formula is C12H15NO6. The lowest BCUT2D eigenvalue weighted by Gasteiger charge is -2.12. The first-order chi connectivity index (χ1) is 8.73. The smallest absolute Gasteiger partial charge is 0.326 e. The van der Waals surface area contributed by atoms with E-state index in [1.807, 2.05) is 0 Å². The Morgan fingerprint density at radius 1 is 1.16 bits per heavy atom. The van der Waals surface area contributed by atoms with Crippen molar-refractivity contribution < 1.29 is 29.0 Å². The zero-order valence-electron chi connectivity index (χ0n) is 10.8. The number of furan rings is 1. The summed E-state index contributed by atoms with van der Waals surface area (Å²) in [6, 6.07) is -1.47. The van der Waals surface area contributed by atoms with E-state index in [4.69, 9.17) is 14.6 Å². The molecule has 0 fully saturated rings. The Morgan fingerprint density at radius 3 is 2.11 bits per heavy atom. The highest BCUT2D eigenvalue weighted by atomic mass is 16.4. The van der Waals surface area contributed by atoms with Crippen LogP contribution >= 0.6 is 0 Å². The third-order valence-electron chi connectivity index (χ3n) is 2.77. The molecule has 7 heteroatoms. The van der Waals surface area contributed by atoms with Gasteiger partial charge in [0.25, 0.3) is 5.91 Å². The lowest BCUT2D eigenvalue weighted by atomic mass is 10.1. The minimum atomic E-state index is -1.47. The summed E-state index contributed by atoms with van der Waals surface area (Å²) in [4.78, 5) is 33.4. The number of aliphatic carboxylic acids is 2. The molecule has 1 amide bonds. The monoisotopic (exact) mass is 269 g/mol. The van der Waals surface area contributed by atoms with Gasteiger partial charge in [0.2, 0.25) is 0 Å². The number of aryl methyl sites for hydroxylation is 2. The molecule has 3 N–H and O–H groups in total. The molecule has 0 aliphatic rings. The second-order valence-corrected chi connectivity index (χ2v) is 4.18. The molecule has 7 nitrogen and oxygen atoms in total. The maximum absolute atomic E-state index is 12.0. The molecule has 104 valence electrons. The van der Waals surface area contributed by atoms with Crippen molar-refractivity contribution in [2.24, 2.45) is 0 Å². The Morgan fingerprint density at radius 2 is 1.74 bits per heavy atom. The largest absolute Gasteiger partial charge is 0.481 e. The standard InChI is InChI=1S/C12H15NO6/c1-5-6(2)19-7(3)10(5)11(16)13-8(12(17)18)4-9(14)15/h8H,4H2,1-3H3,(H,13,16)(H,14,15)(H,17,18)/t8-/m0/s1. The zero-order chi connectivity index (χ0) is 14.7. The highest BCUT2D eigenvalue weighted by Crippen LogP contribution is 2.20. The van der Waals surface area contributed by atoms with Crippen LogP contribution in [0.2, 0.25) is 0 Å². The number of carbonyl (C=O) groups is 3. The van der Waals surface area contributed by atoms with Crippen molar-refractivity contribution in [2.75, 3.05) is 0 Å². The maximum atomic E-state index is 12.0. The molecule has 0 spiro atoms. The van der Waals surface area contributed by atoms with Crippen LogP contribution in [0.4, 0.5) is 0 Å². The number of nitrogens with one attached hydrogen (secondary N) is 1. The fourth-order valence-corrected chi connectivity index (χ4v) is 1.73. The van der Waals surface area contributed by atoms with E-state index in [1.54, 1.807) is 20.8 Å². The van der Waals surface area contributed by atoms with Gasteiger partial charge < -0.3 is 19.9 Å². The number of hydrogen-bond donors (Lipinski definition) is 3. The van der Waals surface area contributed by atoms with Gasteiger partial charge in [0.05, 0.1) is 12.0 Å². The Labute approximate surface area is 109 Å². The van der Waals surface area contributed by atoms with Crippen LogP contribution in [-0.4, -0.2) is 34.1 Å². The highest BCUT2D eigenvalue weighted by Gasteiger charge is 2.26. The second-order valence-electron chi connectivity index (χ2n) is 4.18. The fraction of sp³-hybridized carbons (Fsp3) is 0.417. The summed E-state index contributed by atoms with van der Waals surface area (Å²) in [7, 11) is 0. The van der Waals surface area contributed by atoms with Crippen LogP contribution in [0, 0.1) is 20.8 Å². The van der Waals surface area contributed by atoms with Crippen LogP contribution in [0.15, 0.2) is 4.42 Å². The summed E-state index contributed by atoms with van der Waals surface area (Å²) >= 11 is 0. The van der Waals surface area contributed by atoms with Crippen molar-refractivity contribution in [3.63, 3.8) is 0 Å². The molecule has 0 radical (unpaired) electrons. The van der Waals surface area contributed by atoms with E-state index >= 15 is 0 Å². The van der Waals surface area contributed by atoms with Crippen LogP contribution in [0.3, 0.4) is 0 Å². The number of amides is 1. The first-order valence-electron chi connectivity index (χ1n) is 5.56. The van der Waals surface area contributed by atoms with Gasteiger partial charge in [0, 0.05) is 5.56 Å². The van der Waals surface area contributed by atoms with Gasteiger partial charge in [-0.05, 0) is 20.8 Å². The van der Waals surface area contributed by atoms with Crippen molar-refractivity contribution >= 4 is 17.8 Å². The number of rotatable bonds is 5. The van der Waals surface area contributed by atoms with Crippen molar-refractivity contribution in [3.8, 4) is 0 Å². The fourth-order valence-electron chi connectivity index (χ4n) is 1.73. The van der Waals surface area contributed by atoms with Gasteiger partial charge in [-0.3, -0.25) is 9.59 Å². The first-order valence-corrected chi connectivity index (χ1v) is 5.56. The van der Waals surface area contributed by atoms with Gasteiger partial charge in [-0.15, -0.1) is 0 Å². The summed E-state index contributed by atoms with van der Waals surface area (Å²) in [5.41, 5.74) is 0.851. The van der Waals surface area contributed by atoms with Crippen molar-refractivity contribution in [1.82, 2.24) is 5.32 Å². The zero-order valence-corrected chi connectivity index (χ0v) is 10.8. The summed E-state index contributed by atoms with van der Waals surface area (Å²) in [5, 5.41) is 19.6. The molecule has 1 aromatic rings. The Hall–Kier alpha value is -2.31.